The Morgan fingerprint density at radius 1 is 1.65 bits per heavy atom. The molecular formula is C12H17NO4. The zero-order chi connectivity index (χ0) is 13.1. The fourth-order valence-electron chi connectivity index (χ4n) is 1.35. The first-order valence-corrected chi connectivity index (χ1v) is 5.68. The van der Waals surface area contributed by atoms with Crippen molar-refractivity contribution in [1.82, 2.24) is 0 Å². The van der Waals surface area contributed by atoms with E-state index in [1.165, 1.54) is 0 Å². The van der Waals surface area contributed by atoms with Gasteiger partial charge in [0.2, 0.25) is 0 Å². The Kier molecular flexibility index (Phi) is 4.11. The molecule has 1 aliphatic heterocycles. The van der Waals surface area contributed by atoms with Crippen LogP contribution in [0.15, 0.2) is 0 Å². The Morgan fingerprint density at radius 2 is 2.29 bits per heavy atom. The number of hydrogen-bond acceptors (Lipinski definition) is 5. The van der Waals surface area contributed by atoms with Crippen molar-refractivity contribution in [2.24, 2.45) is 11.3 Å². The van der Waals surface area contributed by atoms with Crippen LogP contribution >= 0.6 is 0 Å². The Labute approximate surface area is 101 Å². The highest BCUT2D eigenvalue weighted by Gasteiger charge is 2.35. The SMILES string of the molecule is CCC(C)(C)C(=O)OC1COC(=O)C(C#N)C1. The topological polar surface area (TPSA) is 76.4 Å². The number of esters is 2. The molecular weight excluding hydrogens is 222 g/mol. The number of nitriles is 1. The number of rotatable bonds is 3. The Morgan fingerprint density at radius 3 is 2.82 bits per heavy atom. The predicted octanol–water partition coefficient (Wildman–Crippen LogP) is 1.42. The van der Waals surface area contributed by atoms with Gasteiger partial charge in [-0.25, -0.2) is 0 Å². The monoisotopic (exact) mass is 239 g/mol. The third-order valence-corrected chi connectivity index (χ3v) is 3.06. The molecule has 2 atom stereocenters. The van der Waals surface area contributed by atoms with Crippen molar-refractivity contribution in [3.05, 3.63) is 0 Å². The van der Waals surface area contributed by atoms with Crippen LogP contribution in [0.25, 0.3) is 0 Å². The second-order valence-electron chi connectivity index (χ2n) is 4.81. The normalized spacial score (nSPS) is 24.7. The number of nitrogens with zero attached hydrogens (tertiary/aromatic N) is 1. The number of carbonyl (C=O) groups excluding carboxylic acids is 2. The van der Waals surface area contributed by atoms with Crippen molar-refractivity contribution in [3.8, 4) is 6.07 Å². The molecule has 1 saturated heterocycles. The molecule has 0 saturated carbocycles. The van der Waals surface area contributed by atoms with E-state index < -0.39 is 23.4 Å². The largest absolute Gasteiger partial charge is 0.461 e. The van der Waals surface area contributed by atoms with Crippen molar-refractivity contribution in [2.75, 3.05) is 6.61 Å². The molecule has 0 aromatic rings. The van der Waals surface area contributed by atoms with E-state index in [1.54, 1.807) is 13.8 Å². The van der Waals surface area contributed by atoms with Gasteiger partial charge in [0.25, 0.3) is 0 Å². The van der Waals surface area contributed by atoms with Crippen LogP contribution in [0.1, 0.15) is 33.6 Å². The fraction of sp³-hybridized carbons (Fsp3) is 0.750. The zero-order valence-corrected chi connectivity index (χ0v) is 10.4. The van der Waals surface area contributed by atoms with Gasteiger partial charge in [-0.3, -0.25) is 9.59 Å². The average molecular weight is 239 g/mol. The quantitative estimate of drug-likeness (QED) is 0.696. The van der Waals surface area contributed by atoms with Crippen molar-refractivity contribution < 1.29 is 19.1 Å². The van der Waals surface area contributed by atoms with Crippen molar-refractivity contribution in [3.63, 3.8) is 0 Å². The summed E-state index contributed by atoms with van der Waals surface area (Å²) in [5.74, 6) is -1.68. The lowest BCUT2D eigenvalue weighted by atomic mass is 9.90. The third-order valence-electron chi connectivity index (χ3n) is 3.06. The molecule has 2 unspecified atom stereocenters. The third kappa shape index (κ3) is 3.19. The molecule has 0 amide bonds. The van der Waals surface area contributed by atoms with Gasteiger partial charge in [-0.1, -0.05) is 6.92 Å². The summed E-state index contributed by atoms with van der Waals surface area (Å²) in [6.07, 6.45) is 0.386. The maximum atomic E-state index is 11.8. The highest BCUT2D eigenvalue weighted by molar-refractivity contribution is 5.77. The van der Waals surface area contributed by atoms with Crippen LogP contribution in [0.4, 0.5) is 0 Å². The lowest BCUT2D eigenvalue weighted by molar-refractivity contribution is -0.175. The minimum atomic E-state index is -0.828. The number of cyclic esters (lactones) is 1. The van der Waals surface area contributed by atoms with Gasteiger partial charge >= 0.3 is 11.9 Å². The van der Waals surface area contributed by atoms with Gasteiger partial charge in [-0.15, -0.1) is 0 Å². The van der Waals surface area contributed by atoms with Crippen LogP contribution in [0.5, 0.6) is 0 Å². The first-order valence-electron chi connectivity index (χ1n) is 5.68. The van der Waals surface area contributed by atoms with Crippen LogP contribution in [-0.4, -0.2) is 24.6 Å². The maximum Gasteiger partial charge on any atom is 0.323 e. The van der Waals surface area contributed by atoms with E-state index in [2.05, 4.69) is 0 Å². The van der Waals surface area contributed by atoms with Gasteiger partial charge in [-0.2, -0.15) is 5.26 Å². The molecule has 5 heteroatoms. The summed E-state index contributed by atoms with van der Waals surface area (Å²) in [5, 5.41) is 8.73. The first kappa shape index (κ1) is 13.5. The summed E-state index contributed by atoms with van der Waals surface area (Å²) >= 11 is 0. The summed E-state index contributed by atoms with van der Waals surface area (Å²) in [6, 6.07) is 1.84. The smallest absolute Gasteiger partial charge is 0.323 e. The van der Waals surface area contributed by atoms with Crippen LogP contribution in [-0.2, 0) is 19.1 Å². The second-order valence-corrected chi connectivity index (χ2v) is 4.81. The first-order chi connectivity index (χ1) is 7.90. The Bertz CT molecular complexity index is 356. The molecule has 17 heavy (non-hydrogen) atoms. The predicted molar refractivity (Wildman–Crippen MR) is 58.6 cm³/mol. The molecule has 0 aliphatic carbocycles. The average Bonchev–Trinajstić information content (AvgIpc) is 2.31. The Hall–Kier alpha value is -1.57. The second kappa shape index (κ2) is 5.17. The number of carbonyl (C=O) groups is 2. The molecule has 1 fully saturated rings. The van der Waals surface area contributed by atoms with Crippen LogP contribution in [0.3, 0.4) is 0 Å². The summed E-state index contributed by atoms with van der Waals surface area (Å²) in [5.41, 5.74) is -0.552. The van der Waals surface area contributed by atoms with Gasteiger partial charge in [0.05, 0.1) is 11.5 Å². The molecule has 0 radical (unpaired) electrons. The van der Waals surface area contributed by atoms with Crippen LogP contribution < -0.4 is 0 Å². The molecule has 1 rings (SSSR count). The molecule has 1 aliphatic rings. The molecule has 0 spiro atoms. The van der Waals surface area contributed by atoms with Crippen molar-refractivity contribution in [1.29, 1.82) is 5.26 Å². The summed E-state index contributed by atoms with van der Waals surface area (Å²) in [7, 11) is 0. The number of ether oxygens (including phenoxy) is 2. The van der Waals surface area contributed by atoms with E-state index in [0.29, 0.717) is 6.42 Å². The van der Waals surface area contributed by atoms with E-state index in [4.69, 9.17) is 14.7 Å². The highest BCUT2D eigenvalue weighted by Crippen LogP contribution is 2.25. The minimum absolute atomic E-state index is 0.0442. The lowest BCUT2D eigenvalue weighted by Gasteiger charge is -2.28. The molecule has 0 aromatic heterocycles. The van der Waals surface area contributed by atoms with Gasteiger partial charge in [0, 0.05) is 6.42 Å². The van der Waals surface area contributed by atoms with E-state index in [0.717, 1.165) is 0 Å². The minimum Gasteiger partial charge on any atom is -0.461 e. The summed E-state index contributed by atoms with van der Waals surface area (Å²) in [6.45, 7) is 5.54. The Balaban J connectivity index is 2.57. The molecule has 5 nitrogen and oxygen atoms in total. The lowest BCUT2D eigenvalue weighted by Crippen LogP contribution is -2.39. The van der Waals surface area contributed by atoms with E-state index in [1.807, 2.05) is 13.0 Å². The molecule has 0 bridgehead atoms. The molecule has 94 valence electrons. The van der Waals surface area contributed by atoms with Gasteiger partial charge in [0.15, 0.2) is 0 Å². The van der Waals surface area contributed by atoms with Gasteiger partial charge in [-0.05, 0) is 20.3 Å². The van der Waals surface area contributed by atoms with Crippen molar-refractivity contribution in [2.45, 2.75) is 39.7 Å². The van der Waals surface area contributed by atoms with E-state index in [9.17, 15) is 9.59 Å². The maximum absolute atomic E-state index is 11.8. The van der Waals surface area contributed by atoms with Crippen molar-refractivity contribution >= 4 is 11.9 Å². The molecule has 0 N–H and O–H groups in total. The van der Waals surface area contributed by atoms with Gasteiger partial charge < -0.3 is 9.47 Å². The summed E-state index contributed by atoms with van der Waals surface area (Å²) < 4.78 is 10.1. The highest BCUT2D eigenvalue weighted by atomic mass is 16.6. The van der Waals surface area contributed by atoms with Crippen LogP contribution in [0, 0.1) is 22.7 Å². The summed E-state index contributed by atoms with van der Waals surface area (Å²) in [4.78, 5) is 22.9. The van der Waals surface area contributed by atoms with E-state index in [-0.39, 0.29) is 19.0 Å². The molecule has 0 aromatic carbocycles. The zero-order valence-electron chi connectivity index (χ0n) is 10.4. The van der Waals surface area contributed by atoms with Crippen LogP contribution in [0.2, 0.25) is 0 Å². The van der Waals surface area contributed by atoms with E-state index >= 15 is 0 Å². The van der Waals surface area contributed by atoms with Gasteiger partial charge in [0.1, 0.15) is 18.6 Å². The molecule has 1 heterocycles. The fourth-order valence-corrected chi connectivity index (χ4v) is 1.35. The standard InChI is InChI=1S/C12H17NO4/c1-4-12(2,3)11(15)17-9-5-8(6-13)10(14)16-7-9/h8-9H,4-5,7H2,1-3H3. The number of hydrogen-bond donors (Lipinski definition) is 0.